The van der Waals surface area contributed by atoms with Crippen molar-refractivity contribution in [2.24, 2.45) is 104 Å². The summed E-state index contributed by atoms with van der Waals surface area (Å²) in [7, 11) is 11.2. The van der Waals surface area contributed by atoms with Crippen LogP contribution in [0, 0.1) is 0 Å². The maximum atomic E-state index is 9.79. The topological polar surface area (TPSA) is 749 Å². The zero-order valence-corrected chi connectivity index (χ0v) is 75.5. The van der Waals surface area contributed by atoms with Gasteiger partial charge in [-0.3, -0.25) is 46.8 Å². The number of para-hydroxylation sites is 7. The number of phenols is 14. The van der Waals surface area contributed by atoms with Crippen LogP contribution < -0.4 is 92.5 Å². The number of nitrogens with zero attached hydrogens (tertiary/aromatic N) is 19. The zero-order chi connectivity index (χ0) is 97.6. The summed E-state index contributed by atoms with van der Waals surface area (Å²) < 4.78 is 0. The van der Waals surface area contributed by atoms with E-state index in [-0.39, 0.29) is 142 Å². The number of hydrogen-bond acceptors (Lipinski definition) is 43. The van der Waals surface area contributed by atoms with Gasteiger partial charge < -0.3 is 147 Å². The lowest BCUT2D eigenvalue weighted by Gasteiger charge is -2.33. The Morgan fingerprint density at radius 2 is 0.714 bits per heavy atom. The number of aliphatic imine (C=N–C) groups is 14. The summed E-state index contributed by atoms with van der Waals surface area (Å²) in [5.41, 5.74) is 37.5. The SMILES string of the molecule is CC1N=C(N(C)C)N(C)C(=NCCc2cccc(O)c2O)N1.CC1N=C(N)NC(=NCCc2cccc(O)c2O)N1.CC1N=C(N)NC(=NCc2cccc(O)c2O)N1.CC1N=C(N)NC(N(C)CCc2cccc(O)c2O)=N1.CC1N=C(N)NC(N(C)Cc2cccc(O)c2O)=N1.CC1N=C(N)NC(N(C)c2cccc(O)c2O)=N1.CC1N=C(N)NC(Nc2cccc(O)c2O)=N1. The highest BCUT2D eigenvalue weighted by Gasteiger charge is 2.26. The third kappa shape index (κ3) is 30.6. The molecule has 0 amide bonds. The Balaban J connectivity index is 0.000000191. The van der Waals surface area contributed by atoms with E-state index in [0.29, 0.717) is 144 Å². The molecule has 7 unspecified atom stereocenters. The number of rotatable bonds is 15. The van der Waals surface area contributed by atoms with Crippen molar-refractivity contribution in [3.8, 4) is 80.5 Å². The molecule has 49 heteroatoms. The van der Waals surface area contributed by atoms with Crippen LogP contribution in [0.5, 0.6) is 80.5 Å². The number of guanidine groups is 14. The Kier molecular flexibility index (Phi) is 36.3. The van der Waals surface area contributed by atoms with Crippen molar-refractivity contribution >= 4 is 94.8 Å². The molecular formula is C84H119N35O14. The number of nitrogens with one attached hydrogen (secondary N) is 10. The monoisotopic (exact) mass is 1840 g/mol. The molecule has 0 fully saturated rings. The second-order valence-electron chi connectivity index (χ2n) is 30.1. The molecule has 14 rings (SSSR count). The molecule has 0 aliphatic carbocycles. The fraction of sp³-hybridized carbons (Fsp3) is 0.333. The van der Waals surface area contributed by atoms with E-state index in [4.69, 9.17) is 34.4 Å². The number of likely N-dealkylation sites (N-methyl/N-ethyl adjacent to an activating group) is 1. The van der Waals surface area contributed by atoms with Crippen LogP contribution in [0.1, 0.15) is 76.3 Å². The normalized spacial score (nSPS) is 19.3. The molecule has 133 heavy (non-hydrogen) atoms. The number of hydrogen-bond donors (Lipinski definition) is 30. The molecule has 0 saturated heterocycles. The van der Waals surface area contributed by atoms with E-state index in [9.17, 15) is 71.5 Å². The molecule has 7 aliphatic rings. The molecule has 7 atom stereocenters. The van der Waals surface area contributed by atoms with Gasteiger partial charge in [-0.05, 0) is 139 Å². The van der Waals surface area contributed by atoms with Crippen molar-refractivity contribution < 1.29 is 71.5 Å². The first-order valence-corrected chi connectivity index (χ1v) is 41.3. The van der Waals surface area contributed by atoms with Gasteiger partial charge in [0, 0.05) is 79.6 Å². The Hall–Kier alpha value is -17.1. The lowest BCUT2D eigenvalue weighted by Crippen LogP contribution is -2.54. The smallest absolute Gasteiger partial charge is 0.207 e. The lowest BCUT2D eigenvalue weighted by molar-refractivity contribution is 0.388. The first-order chi connectivity index (χ1) is 63.0. The van der Waals surface area contributed by atoms with Crippen LogP contribution in [0.15, 0.2) is 197 Å². The minimum Gasteiger partial charge on any atom is -0.504 e. The van der Waals surface area contributed by atoms with E-state index in [1.54, 1.807) is 123 Å². The Morgan fingerprint density at radius 3 is 1.18 bits per heavy atom. The molecule has 7 aliphatic heterocycles. The average molecular weight is 1840 g/mol. The van der Waals surface area contributed by atoms with Gasteiger partial charge in [-0.2, -0.15) is 0 Å². The van der Waals surface area contributed by atoms with Crippen LogP contribution >= 0.6 is 0 Å². The molecule has 36 N–H and O–H groups in total. The second kappa shape index (κ2) is 47.6. The van der Waals surface area contributed by atoms with Crippen molar-refractivity contribution in [3.63, 3.8) is 0 Å². The van der Waals surface area contributed by atoms with Gasteiger partial charge in [0.2, 0.25) is 35.8 Å². The largest absolute Gasteiger partial charge is 0.504 e. The van der Waals surface area contributed by atoms with Crippen LogP contribution in [-0.4, -0.2) is 280 Å². The highest BCUT2D eigenvalue weighted by Crippen LogP contribution is 2.37. The molecule has 7 heterocycles. The number of nitrogens with two attached hydrogens (primary N) is 6. The van der Waals surface area contributed by atoms with E-state index in [2.05, 4.69) is 123 Å². The predicted octanol–water partition coefficient (Wildman–Crippen LogP) is 1.08. The molecule has 0 radical (unpaired) electrons. The summed E-state index contributed by atoms with van der Waals surface area (Å²) in [6.45, 7) is 15.1. The zero-order valence-electron chi connectivity index (χ0n) is 75.5. The van der Waals surface area contributed by atoms with Crippen molar-refractivity contribution in [2.45, 2.75) is 124 Å². The number of anilines is 2. The summed E-state index contributed by atoms with van der Waals surface area (Å²) in [6, 6.07) is 33.6. The maximum absolute atomic E-state index is 9.79. The summed E-state index contributed by atoms with van der Waals surface area (Å²) in [5, 5.41) is 163. The lowest BCUT2D eigenvalue weighted by atomic mass is 10.1. The number of benzene rings is 7. The molecule has 0 aromatic heterocycles. The third-order valence-corrected chi connectivity index (χ3v) is 19.0. The highest BCUT2D eigenvalue weighted by molar-refractivity contribution is 6.09. The first-order valence-electron chi connectivity index (χ1n) is 41.3. The highest BCUT2D eigenvalue weighted by atomic mass is 16.3. The molecule has 7 aromatic carbocycles. The first kappa shape index (κ1) is 101. The van der Waals surface area contributed by atoms with Gasteiger partial charge in [-0.15, -0.1) is 0 Å². The second-order valence-corrected chi connectivity index (χ2v) is 30.1. The Bertz CT molecular complexity index is 5660. The number of aromatic hydroxyl groups is 14. The summed E-state index contributed by atoms with van der Waals surface area (Å²) in [5.74, 6) is 4.42. The van der Waals surface area contributed by atoms with Crippen LogP contribution in [0.3, 0.4) is 0 Å². The van der Waals surface area contributed by atoms with E-state index in [0.717, 1.165) is 11.9 Å². The summed E-state index contributed by atoms with van der Waals surface area (Å²) in [6.07, 6.45) is 0.294. The average Bonchev–Trinajstić information content (AvgIpc) is 0.804. The maximum Gasteiger partial charge on any atom is 0.207 e. The van der Waals surface area contributed by atoms with Gasteiger partial charge in [-0.1, -0.05) is 72.8 Å². The molecule has 714 valence electrons. The quantitative estimate of drug-likeness (QED) is 0.0639. The number of phenolic OH excluding ortho intramolecular Hbond substituents is 14. The molecule has 49 nitrogen and oxygen atoms in total. The van der Waals surface area contributed by atoms with Crippen LogP contribution in [0.4, 0.5) is 11.4 Å². The van der Waals surface area contributed by atoms with Gasteiger partial charge >= 0.3 is 0 Å². The summed E-state index contributed by atoms with van der Waals surface area (Å²) in [4.78, 5) is 67.8. The Morgan fingerprint density at radius 1 is 0.353 bits per heavy atom. The van der Waals surface area contributed by atoms with Crippen molar-refractivity contribution in [1.29, 1.82) is 0 Å². The molecule has 0 bridgehead atoms. The van der Waals surface area contributed by atoms with Crippen LogP contribution in [-0.2, 0) is 32.4 Å². The predicted molar refractivity (Wildman–Crippen MR) is 514 cm³/mol. The van der Waals surface area contributed by atoms with Gasteiger partial charge in [0.05, 0.1) is 17.9 Å². The standard InChI is InChI=1S/C15H23N5O2.C13H19N5O2.2C12H17N5O2.2C11H15N5O2.C10H13N5O2/c1-10-17-14(20(4)15(18-10)19(2)3)16-9-8-11-6-5-7-12(21)13(11)22;1-8-15-12(14)17-13(16-8)18(2)7-6-9-4-3-5-10(19)11(9)20;1-7-14-11(13)16-12(15-7)17(2)6-8-4-3-5-9(18)10(8)19;1-7-15-11(13)17-12(16-7)14-6-5-8-3-2-4-9(18)10(8)19;1-6-13-10(12)15-11(14-6)16(2)7-4-3-5-8(17)9(7)18;1-6-14-10(12)16-11(15-6)13-5-7-3-2-4-8(17)9(7)18;1-5-12-9(11)15-10(13-5)14-6-3-2-4-7(16)8(6)17/h5-7,10,21-22H,8-9H2,1-4H3,(H,16,17);3-5,8,19-20H,6-7H2,1-2H3,(H3,14,15,16,17);3-5,7,18-19H,6H2,1-2H3,(H3,13,14,15,16);2-4,7,18-19H,5-6H2,1H3,(H4,13,14,15,16,17);3-6,17-18H,1-2H3,(H3,12,13,14,15);2-4,6,17-18H,5H2,1H3,(H4,12,13,14,15,16);2-5,16-17H,1H3,(H4,11,12,13,14,15). The minimum atomic E-state index is -0.293. The van der Waals surface area contributed by atoms with E-state index in [1.807, 2.05) is 77.5 Å². The third-order valence-electron chi connectivity index (χ3n) is 19.0. The fourth-order valence-corrected chi connectivity index (χ4v) is 12.5. The molecular weight excluding hydrogens is 1720 g/mol. The summed E-state index contributed by atoms with van der Waals surface area (Å²) >= 11 is 0. The van der Waals surface area contributed by atoms with Crippen LogP contribution in [0.25, 0.3) is 0 Å². The Labute approximate surface area is 766 Å². The van der Waals surface area contributed by atoms with Crippen LogP contribution in [0.2, 0.25) is 0 Å². The minimum absolute atomic E-state index is 0.0403. The van der Waals surface area contributed by atoms with Gasteiger partial charge in [-0.25, -0.2) is 59.9 Å². The fourth-order valence-electron chi connectivity index (χ4n) is 12.5. The van der Waals surface area contributed by atoms with E-state index < -0.39 is 0 Å². The van der Waals surface area contributed by atoms with Gasteiger partial charge in [0.1, 0.15) is 43.2 Å². The van der Waals surface area contributed by atoms with E-state index >= 15 is 0 Å². The van der Waals surface area contributed by atoms with Crippen molar-refractivity contribution in [1.82, 2.24) is 67.5 Å². The van der Waals surface area contributed by atoms with Gasteiger partial charge in [0.25, 0.3) is 0 Å². The van der Waals surface area contributed by atoms with Crippen molar-refractivity contribution in [2.75, 3.05) is 72.1 Å². The molecule has 0 spiro atoms. The van der Waals surface area contributed by atoms with Gasteiger partial charge in [0.15, 0.2) is 128 Å². The van der Waals surface area contributed by atoms with Crippen molar-refractivity contribution in [3.05, 3.63) is 155 Å². The van der Waals surface area contributed by atoms with E-state index in [1.165, 1.54) is 42.5 Å². The molecule has 7 aromatic rings. The molecule has 0 saturated carbocycles.